The molecule has 1 aliphatic rings. The Kier molecular flexibility index (Phi) is 8.77. The molecule has 0 N–H and O–H groups in total. The first-order chi connectivity index (χ1) is 18.7. The fourth-order valence-corrected chi connectivity index (χ4v) is 5.73. The van der Waals surface area contributed by atoms with Gasteiger partial charge in [0, 0.05) is 55.9 Å². The smallest absolute Gasteiger partial charge is 0.433 e. The zero-order valence-electron chi connectivity index (χ0n) is 24.1. The van der Waals surface area contributed by atoms with Gasteiger partial charge in [-0.3, -0.25) is 9.48 Å². The van der Waals surface area contributed by atoms with Gasteiger partial charge >= 0.3 is 6.18 Å². The van der Waals surface area contributed by atoms with Crippen LogP contribution in [0.2, 0.25) is 18.1 Å². The predicted molar refractivity (Wildman–Crippen MR) is 151 cm³/mol. The van der Waals surface area contributed by atoms with Gasteiger partial charge in [-0.15, -0.1) is 0 Å². The summed E-state index contributed by atoms with van der Waals surface area (Å²) in [5.74, 6) is -0.0457. The number of hydrogen-bond donors (Lipinski definition) is 0. The number of nitrogens with zero attached hydrogens (tertiary/aromatic N) is 4. The molecule has 0 amide bonds. The van der Waals surface area contributed by atoms with E-state index in [-0.39, 0.29) is 23.2 Å². The number of ketones is 1. The van der Waals surface area contributed by atoms with Crippen molar-refractivity contribution in [1.29, 1.82) is 0 Å². The van der Waals surface area contributed by atoms with Crippen LogP contribution >= 0.6 is 0 Å². The monoisotopic (exact) mass is 576 g/mol. The Labute approximate surface area is 234 Å². The van der Waals surface area contributed by atoms with Gasteiger partial charge in [-0.1, -0.05) is 26.8 Å². The van der Waals surface area contributed by atoms with Crippen LogP contribution in [0, 0.1) is 0 Å². The highest BCUT2D eigenvalue weighted by Gasteiger charge is 2.37. The van der Waals surface area contributed by atoms with Crippen LogP contribution in [0.15, 0.2) is 36.5 Å². The second kappa shape index (κ2) is 11.6. The average Bonchev–Trinajstić information content (AvgIpc) is 3.30. The second-order valence-corrected chi connectivity index (χ2v) is 16.8. The summed E-state index contributed by atoms with van der Waals surface area (Å²) in [7, 11) is -0.249. The van der Waals surface area contributed by atoms with Gasteiger partial charge in [0.15, 0.2) is 14.1 Å². The lowest BCUT2D eigenvalue weighted by atomic mass is 10.0. The lowest BCUT2D eigenvalue weighted by Crippen LogP contribution is -2.44. The van der Waals surface area contributed by atoms with Crippen molar-refractivity contribution in [3.8, 4) is 5.75 Å². The Morgan fingerprint density at radius 2 is 1.82 bits per heavy atom. The molecule has 4 rings (SSSR count). The number of piperidine rings is 1. The number of Topliss-reactive ketones (excluding diaryl/α,β-unsaturated/α-hetero) is 1. The van der Waals surface area contributed by atoms with Crippen LogP contribution in [-0.4, -0.2) is 67.1 Å². The number of hydrogen-bond acceptors (Lipinski definition) is 6. The van der Waals surface area contributed by atoms with Crippen molar-refractivity contribution in [2.24, 2.45) is 0 Å². The fraction of sp³-hybridized carbons (Fsp3) is 0.552. The molecule has 0 spiro atoms. The lowest BCUT2D eigenvalue weighted by Gasteiger charge is -2.37. The lowest BCUT2D eigenvalue weighted by molar-refractivity contribution is -0.141. The Hall–Kier alpha value is -2.76. The van der Waals surface area contributed by atoms with Crippen LogP contribution < -0.4 is 4.74 Å². The maximum absolute atomic E-state index is 13.1. The fourth-order valence-electron chi connectivity index (χ4n) is 4.70. The summed E-state index contributed by atoms with van der Waals surface area (Å²) >= 11 is 0. The van der Waals surface area contributed by atoms with Gasteiger partial charge < -0.3 is 14.1 Å². The third-order valence-corrected chi connectivity index (χ3v) is 12.7. The molecular weight excluding hydrogens is 537 g/mol. The van der Waals surface area contributed by atoms with Crippen LogP contribution in [0.5, 0.6) is 5.75 Å². The Bertz CT molecular complexity index is 1340. The van der Waals surface area contributed by atoms with E-state index in [4.69, 9.17) is 14.3 Å². The molecule has 0 atom stereocenters. The quantitative estimate of drug-likeness (QED) is 0.213. The molecule has 2 aromatic heterocycles. The Balaban J connectivity index is 1.41. The molecule has 0 unspecified atom stereocenters. The number of rotatable bonds is 9. The number of methoxy groups -OCH3 is 1. The number of ether oxygens (including phenoxy) is 1. The highest BCUT2D eigenvalue weighted by atomic mass is 28.4. The molecule has 0 radical (unpaired) electrons. The second-order valence-electron chi connectivity index (χ2n) is 12.0. The summed E-state index contributed by atoms with van der Waals surface area (Å²) in [4.78, 5) is 18.8. The SMILES string of the molecule is COc1cc2nn(C3CCN(CCO[Si](C)(C)C(C)(C)C)CC3)cc2cc1CC(=O)c1cccc(C(F)(F)F)n1. The Morgan fingerprint density at radius 3 is 2.45 bits per heavy atom. The molecule has 0 aliphatic carbocycles. The number of halogens is 3. The minimum atomic E-state index is -4.61. The standard InChI is InChI=1S/C29H39F3N4O3Si/c1-28(2,3)40(5,6)39-15-14-35-12-10-22(11-13-35)36-19-21-16-20(26(38-4)18-24(21)34-36)17-25(37)23-8-7-9-27(33-23)29(30,31)32/h7-9,16,18-19,22H,10-15,17H2,1-6H3. The number of benzene rings is 1. The zero-order chi connectivity index (χ0) is 29.3. The van der Waals surface area contributed by atoms with Crippen molar-refractivity contribution in [3.05, 3.63) is 53.5 Å². The summed E-state index contributed by atoms with van der Waals surface area (Å²) < 4.78 is 53.0. The third-order valence-electron chi connectivity index (χ3n) is 8.21. The summed E-state index contributed by atoms with van der Waals surface area (Å²) in [6, 6.07) is 7.21. The van der Waals surface area contributed by atoms with Gasteiger partial charge in [-0.25, -0.2) is 4.98 Å². The molecule has 0 saturated carbocycles. The molecule has 218 valence electrons. The van der Waals surface area contributed by atoms with Crippen LogP contribution in [0.4, 0.5) is 13.2 Å². The summed E-state index contributed by atoms with van der Waals surface area (Å²) in [5.41, 5.74) is 0.0103. The molecule has 11 heteroatoms. The number of carbonyl (C=O) groups is 1. The molecule has 1 fully saturated rings. The van der Waals surface area contributed by atoms with E-state index >= 15 is 0 Å². The molecule has 40 heavy (non-hydrogen) atoms. The molecule has 1 saturated heterocycles. The summed E-state index contributed by atoms with van der Waals surface area (Å²) in [6.45, 7) is 14.9. The highest BCUT2D eigenvalue weighted by molar-refractivity contribution is 6.74. The maximum atomic E-state index is 13.1. The number of pyridine rings is 1. The van der Waals surface area contributed by atoms with Crippen molar-refractivity contribution < 1.29 is 27.1 Å². The minimum absolute atomic E-state index is 0.131. The molecule has 1 aliphatic heterocycles. The van der Waals surface area contributed by atoms with Crippen LogP contribution in [-0.2, 0) is 17.0 Å². The topological polar surface area (TPSA) is 69.5 Å². The largest absolute Gasteiger partial charge is 0.496 e. The van der Waals surface area contributed by atoms with E-state index in [0.29, 0.717) is 11.3 Å². The summed E-state index contributed by atoms with van der Waals surface area (Å²) in [6.07, 6.45) is -0.828. The van der Waals surface area contributed by atoms with Gasteiger partial charge in [0.05, 0.1) is 18.7 Å². The van der Waals surface area contributed by atoms with E-state index in [1.165, 1.54) is 19.2 Å². The van der Waals surface area contributed by atoms with E-state index in [0.717, 1.165) is 56.1 Å². The maximum Gasteiger partial charge on any atom is 0.433 e. The van der Waals surface area contributed by atoms with Crippen LogP contribution in [0.1, 0.15) is 61.4 Å². The molecule has 7 nitrogen and oxygen atoms in total. The number of fused-ring (bicyclic) bond motifs is 1. The number of likely N-dealkylation sites (tertiary alicyclic amines) is 1. The van der Waals surface area contributed by atoms with Crippen molar-refractivity contribution in [2.75, 3.05) is 33.4 Å². The van der Waals surface area contributed by atoms with Crippen molar-refractivity contribution in [1.82, 2.24) is 19.7 Å². The first kappa shape index (κ1) is 30.2. The van der Waals surface area contributed by atoms with E-state index < -0.39 is 26.0 Å². The normalized spacial score (nSPS) is 16.0. The Morgan fingerprint density at radius 1 is 1.12 bits per heavy atom. The number of carbonyl (C=O) groups excluding carboxylic acids is 1. The molecular formula is C29H39F3N4O3Si. The number of aromatic nitrogens is 3. The van der Waals surface area contributed by atoms with Crippen LogP contribution in [0.25, 0.3) is 10.9 Å². The van der Waals surface area contributed by atoms with E-state index in [1.807, 2.05) is 16.9 Å². The van der Waals surface area contributed by atoms with Gasteiger partial charge in [-0.2, -0.15) is 18.3 Å². The van der Waals surface area contributed by atoms with Gasteiger partial charge in [0.1, 0.15) is 17.1 Å². The molecule has 3 aromatic rings. The average molecular weight is 577 g/mol. The van der Waals surface area contributed by atoms with E-state index in [2.05, 4.69) is 43.7 Å². The van der Waals surface area contributed by atoms with E-state index in [1.54, 1.807) is 6.07 Å². The molecule has 3 heterocycles. The molecule has 0 bridgehead atoms. The van der Waals surface area contributed by atoms with Gasteiger partial charge in [0.25, 0.3) is 0 Å². The molecule has 1 aromatic carbocycles. The van der Waals surface area contributed by atoms with Crippen molar-refractivity contribution in [3.63, 3.8) is 0 Å². The first-order valence-electron chi connectivity index (χ1n) is 13.7. The van der Waals surface area contributed by atoms with Crippen molar-refractivity contribution in [2.45, 2.75) is 70.4 Å². The summed E-state index contributed by atoms with van der Waals surface area (Å²) in [5, 5.41) is 5.84. The predicted octanol–water partition coefficient (Wildman–Crippen LogP) is 6.54. The van der Waals surface area contributed by atoms with E-state index in [9.17, 15) is 18.0 Å². The first-order valence-corrected chi connectivity index (χ1v) is 16.6. The zero-order valence-corrected chi connectivity index (χ0v) is 25.1. The van der Waals surface area contributed by atoms with Gasteiger partial charge in [0.2, 0.25) is 0 Å². The van der Waals surface area contributed by atoms with Crippen molar-refractivity contribution >= 4 is 25.0 Å². The highest BCUT2D eigenvalue weighted by Crippen LogP contribution is 2.36. The number of alkyl halides is 3. The minimum Gasteiger partial charge on any atom is -0.496 e. The van der Waals surface area contributed by atoms with Gasteiger partial charge in [-0.05, 0) is 49.2 Å². The third kappa shape index (κ3) is 6.92. The van der Waals surface area contributed by atoms with Crippen LogP contribution in [0.3, 0.4) is 0 Å².